The molecule has 0 spiro atoms. The van der Waals surface area contributed by atoms with Crippen molar-refractivity contribution in [3.63, 3.8) is 0 Å². The van der Waals surface area contributed by atoms with Crippen LogP contribution in [0.4, 0.5) is 4.39 Å². The molecule has 3 rings (SSSR count). The number of amides is 1. The minimum absolute atomic E-state index is 0.00898. The zero-order valence-electron chi connectivity index (χ0n) is 12.1. The molecule has 1 aromatic carbocycles. The molecule has 2 aliphatic rings. The molecule has 1 amide bonds. The van der Waals surface area contributed by atoms with E-state index in [1.165, 1.54) is 24.3 Å². The number of Topliss-reactive ketones (excluding diaryl/α,β-unsaturated/α-hetero) is 1. The predicted molar refractivity (Wildman–Crippen MR) is 77.4 cm³/mol. The van der Waals surface area contributed by atoms with E-state index in [1.807, 2.05) is 4.90 Å². The third-order valence-electron chi connectivity index (χ3n) is 4.72. The lowest BCUT2D eigenvalue weighted by Gasteiger charge is -2.38. The molecule has 1 aliphatic heterocycles. The Bertz CT molecular complexity index is 540. The highest BCUT2D eigenvalue weighted by molar-refractivity contribution is 5.95. The lowest BCUT2D eigenvalue weighted by Crippen LogP contribution is -2.48. The first-order valence-electron chi connectivity index (χ1n) is 7.76. The number of hydrogen-bond acceptors (Lipinski definition) is 2. The number of halogens is 1. The van der Waals surface area contributed by atoms with Gasteiger partial charge in [-0.3, -0.25) is 9.59 Å². The lowest BCUT2D eigenvalue weighted by atomic mass is 9.88. The number of benzene rings is 1. The number of rotatable bonds is 2. The molecule has 112 valence electrons. The van der Waals surface area contributed by atoms with Crippen LogP contribution in [0, 0.1) is 11.7 Å². The Kier molecular flexibility index (Phi) is 4.04. The van der Waals surface area contributed by atoms with Crippen molar-refractivity contribution in [1.82, 2.24) is 4.90 Å². The molecule has 2 fully saturated rings. The van der Waals surface area contributed by atoms with Gasteiger partial charge in [0.2, 0.25) is 0 Å². The van der Waals surface area contributed by atoms with Gasteiger partial charge in [-0.1, -0.05) is 0 Å². The summed E-state index contributed by atoms with van der Waals surface area (Å²) in [5, 5.41) is 0. The van der Waals surface area contributed by atoms with Crippen LogP contribution in [0.25, 0.3) is 0 Å². The van der Waals surface area contributed by atoms with E-state index in [0.29, 0.717) is 24.3 Å². The van der Waals surface area contributed by atoms with Crippen molar-refractivity contribution >= 4 is 11.7 Å². The third-order valence-corrected chi connectivity index (χ3v) is 4.72. The number of ketones is 1. The quantitative estimate of drug-likeness (QED) is 0.838. The second-order valence-corrected chi connectivity index (χ2v) is 6.03. The fourth-order valence-electron chi connectivity index (χ4n) is 3.64. The van der Waals surface area contributed by atoms with Gasteiger partial charge >= 0.3 is 0 Å². The van der Waals surface area contributed by atoms with Crippen LogP contribution in [0.1, 0.15) is 48.9 Å². The molecule has 0 N–H and O–H groups in total. The van der Waals surface area contributed by atoms with Crippen LogP contribution in [0.15, 0.2) is 24.3 Å². The van der Waals surface area contributed by atoms with E-state index >= 15 is 0 Å². The Morgan fingerprint density at radius 2 is 1.86 bits per heavy atom. The largest absolute Gasteiger partial charge is 0.335 e. The van der Waals surface area contributed by atoms with Crippen molar-refractivity contribution in [3.8, 4) is 0 Å². The van der Waals surface area contributed by atoms with Crippen molar-refractivity contribution in [2.45, 2.75) is 44.6 Å². The first-order chi connectivity index (χ1) is 10.2. The highest BCUT2D eigenvalue weighted by Gasteiger charge is 2.38. The summed E-state index contributed by atoms with van der Waals surface area (Å²) in [5.74, 6) is -0.0966. The van der Waals surface area contributed by atoms with Gasteiger partial charge in [0.25, 0.3) is 5.91 Å². The summed E-state index contributed by atoms with van der Waals surface area (Å²) in [6, 6.07) is 5.71. The summed E-state index contributed by atoms with van der Waals surface area (Å²) in [4.78, 5) is 26.6. The van der Waals surface area contributed by atoms with Gasteiger partial charge in [-0.2, -0.15) is 0 Å². The van der Waals surface area contributed by atoms with Gasteiger partial charge in [-0.25, -0.2) is 4.39 Å². The smallest absolute Gasteiger partial charge is 0.254 e. The zero-order valence-corrected chi connectivity index (χ0v) is 12.1. The van der Waals surface area contributed by atoms with Gasteiger partial charge in [0.05, 0.1) is 0 Å². The normalized spacial score (nSPS) is 26.1. The van der Waals surface area contributed by atoms with E-state index < -0.39 is 0 Å². The minimum atomic E-state index is -0.340. The number of likely N-dealkylation sites (tertiary alicyclic amines) is 1. The second-order valence-electron chi connectivity index (χ2n) is 6.03. The SMILES string of the molecule is O=C1CCCC1C1CCCCN1C(=O)c1ccc(F)cc1. The zero-order chi connectivity index (χ0) is 14.8. The summed E-state index contributed by atoms with van der Waals surface area (Å²) < 4.78 is 13.0. The molecular formula is C17H20FNO2. The number of carbonyl (C=O) groups excluding carboxylic acids is 2. The maximum Gasteiger partial charge on any atom is 0.254 e. The average molecular weight is 289 g/mol. The maximum atomic E-state index is 13.0. The lowest BCUT2D eigenvalue weighted by molar-refractivity contribution is -0.122. The molecule has 0 aromatic heterocycles. The van der Waals surface area contributed by atoms with Crippen molar-refractivity contribution in [2.75, 3.05) is 6.54 Å². The molecular weight excluding hydrogens is 269 g/mol. The first kappa shape index (κ1) is 14.2. The third kappa shape index (κ3) is 2.85. The van der Waals surface area contributed by atoms with Gasteiger partial charge in [-0.15, -0.1) is 0 Å². The van der Waals surface area contributed by atoms with Gasteiger partial charge in [0, 0.05) is 30.5 Å². The molecule has 1 aliphatic carbocycles. The van der Waals surface area contributed by atoms with Crippen LogP contribution in [0.3, 0.4) is 0 Å². The molecule has 1 aromatic rings. The molecule has 0 radical (unpaired) electrons. The number of hydrogen-bond donors (Lipinski definition) is 0. The summed E-state index contributed by atoms with van der Waals surface area (Å²) >= 11 is 0. The molecule has 2 unspecified atom stereocenters. The Morgan fingerprint density at radius 1 is 1.10 bits per heavy atom. The maximum absolute atomic E-state index is 13.0. The minimum Gasteiger partial charge on any atom is -0.335 e. The summed E-state index contributed by atoms with van der Waals surface area (Å²) in [5.41, 5.74) is 0.508. The van der Waals surface area contributed by atoms with E-state index in [2.05, 4.69) is 0 Å². The molecule has 3 nitrogen and oxygen atoms in total. The van der Waals surface area contributed by atoms with Gasteiger partial charge < -0.3 is 4.90 Å². The van der Waals surface area contributed by atoms with Crippen LogP contribution in [0.2, 0.25) is 0 Å². The second kappa shape index (κ2) is 5.96. The van der Waals surface area contributed by atoms with Crippen LogP contribution in [-0.4, -0.2) is 29.2 Å². The van der Waals surface area contributed by atoms with Crippen molar-refractivity contribution < 1.29 is 14.0 Å². The Balaban J connectivity index is 1.81. The molecule has 21 heavy (non-hydrogen) atoms. The van der Waals surface area contributed by atoms with E-state index in [-0.39, 0.29) is 23.7 Å². The Labute approximate surface area is 124 Å². The fraction of sp³-hybridized carbons (Fsp3) is 0.529. The molecule has 4 heteroatoms. The number of nitrogens with zero attached hydrogens (tertiary/aromatic N) is 1. The van der Waals surface area contributed by atoms with Crippen LogP contribution >= 0.6 is 0 Å². The highest BCUT2D eigenvalue weighted by Crippen LogP contribution is 2.33. The summed E-state index contributed by atoms with van der Waals surface area (Å²) in [6.07, 6.45) is 5.45. The van der Waals surface area contributed by atoms with Crippen LogP contribution in [0.5, 0.6) is 0 Å². The van der Waals surface area contributed by atoms with Crippen LogP contribution in [-0.2, 0) is 4.79 Å². The number of piperidine rings is 1. The van der Waals surface area contributed by atoms with Crippen molar-refractivity contribution in [3.05, 3.63) is 35.6 Å². The Hall–Kier alpha value is -1.71. The van der Waals surface area contributed by atoms with Crippen molar-refractivity contribution in [1.29, 1.82) is 0 Å². The van der Waals surface area contributed by atoms with E-state index in [0.717, 1.165) is 32.1 Å². The van der Waals surface area contributed by atoms with Gasteiger partial charge in [0.15, 0.2) is 0 Å². The predicted octanol–water partition coefficient (Wildman–Crippen LogP) is 3.19. The van der Waals surface area contributed by atoms with E-state index in [9.17, 15) is 14.0 Å². The Morgan fingerprint density at radius 3 is 2.52 bits per heavy atom. The monoisotopic (exact) mass is 289 g/mol. The fourth-order valence-corrected chi connectivity index (χ4v) is 3.64. The average Bonchev–Trinajstić information content (AvgIpc) is 2.93. The highest BCUT2D eigenvalue weighted by atomic mass is 19.1. The molecule has 1 heterocycles. The standard InChI is InChI=1S/C17H20FNO2/c18-13-9-7-12(8-10-13)17(21)19-11-2-1-5-15(19)14-4-3-6-16(14)20/h7-10,14-15H,1-6,11H2. The first-order valence-corrected chi connectivity index (χ1v) is 7.76. The summed E-state index contributed by atoms with van der Waals surface area (Å²) in [6.45, 7) is 0.699. The summed E-state index contributed by atoms with van der Waals surface area (Å²) in [7, 11) is 0. The molecule has 2 atom stereocenters. The van der Waals surface area contributed by atoms with Gasteiger partial charge in [0.1, 0.15) is 11.6 Å². The molecule has 0 bridgehead atoms. The number of carbonyl (C=O) groups is 2. The molecule has 1 saturated carbocycles. The molecule has 1 saturated heterocycles. The van der Waals surface area contributed by atoms with E-state index in [1.54, 1.807) is 0 Å². The van der Waals surface area contributed by atoms with E-state index in [4.69, 9.17) is 0 Å². The van der Waals surface area contributed by atoms with Crippen LogP contribution < -0.4 is 0 Å². The van der Waals surface area contributed by atoms with Crippen molar-refractivity contribution in [2.24, 2.45) is 5.92 Å². The van der Waals surface area contributed by atoms with Gasteiger partial charge in [-0.05, 0) is 56.4 Å². The topological polar surface area (TPSA) is 37.4 Å².